The molecule has 7 heteroatoms. The molecule has 2 aromatic rings. The Morgan fingerprint density at radius 3 is 2.54 bits per heavy atom. The number of benzene rings is 1. The Bertz CT molecular complexity index is 1030. The molecular formula is C21H22O7. The van der Waals surface area contributed by atoms with Gasteiger partial charge in [0.2, 0.25) is 0 Å². The molecule has 1 aliphatic rings. The van der Waals surface area contributed by atoms with Crippen LogP contribution in [0.1, 0.15) is 46.3 Å². The summed E-state index contributed by atoms with van der Waals surface area (Å²) in [6, 6.07) is 6.28. The zero-order chi connectivity index (χ0) is 20.6. The van der Waals surface area contributed by atoms with Gasteiger partial charge in [-0.25, -0.2) is 9.59 Å². The summed E-state index contributed by atoms with van der Waals surface area (Å²) in [5.41, 5.74) is -0.138. The van der Waals surface area contributed by atoms with Crippen molar-refractivity contribution >= 4 is 22.9 Å². The van der Waals surface area contributed by atoms with Crippen LogP contribution >= 0.6 is 0 Å². The third kappa shape index (κ3) is 3.65. The maximum Gasteiger partial charge on any atom is 0.336 e. The molecule has 0 bridgehead atoms. The van der Waals surface area contributed by atoms with Crippen LogP contribution in [0, 0.1) is 0 Å². The Kier molecular flexibility index (Phi) is 5.02. The van der Waals surface area contributed by atoms with Crippen LogP contribution in [0.5, 0.6) is 5.75 Å². The lowest BCUT2D eigenvalue weighted by atomic mass is 9.93. The van der Waals surface area contributed by atoms with Crippen molar-refractivity contribution in [3.05, 3.63) is 51.9 Å². The molecular weight excluding hydrogens is 364 g/mol. The highest BCUT2D eigenvalue weighted by Gasteiger charge is 2.49. The SMILES string of the molecule is CC=C(C)C(=O)O[C@H]1c2cc3ccc(=O)oc3cc2O[C@@H]1C(C)(C)OC(C)=O. The maximum atomic E-state index is 12.4. The van der Waals surface area contributed by atoms with E-state index in [1.165, 1.54) is 13.0 Å². The molecule has 2 heterocycles. The first-order valence-electron chi connectivity index (χ1n) is 8.90. The summed E-state index contributed by atoms with van der Waals surface area (Å²) in [6.07, 6.45) is 0.0759. The third-order valence-corrected chi connectivity index (χ3v) is 4.67. The second-order valence-electron chi connectivity index (χ2n) is 7.22. The zero-order valence-electron chi connectivity index (χ0n) is 16.4. The minimum Gasteiger partial charge on any atom is -0.481 e. The minimum atomic E-state index is -1.08. The van der Waals surface area contributed by atoms with E-state index < -0.39 is 35.4 Å². The van der Waals surface area contributed by atoms with Gasteiger partial charge in [0.25, 0.3) is 0 Å². The highest BCUT2D eigenvalue weighted by atomic mass is 16.6. The second-order valence-corrected chi connectivity index (χ2v) is 7.22. The lowest BCUT2D eigenvalue weighted by Gasteiger charge is -2.33. The first kappa shape index (κ1) is 19.7. The Hall–Kier alpha value is -3.09. The van der Waals surface area contributed by atoms with Gasteiger partial charge in [0.1, 0.15) is 16.9 Å². The number of carbonyl (C=O) groups excluding carboxylic acids is 2. The molecule has 28 heavy (non-hydrogen) atoms. The average Bonchev–Trinajstić information content (AvgIpc) is 2.96. The normalized spacial score (nSPS) is 19.1. The predicted molar refractivity (Wildman–Crippen MR) is 101 cm³/mol. The molecule has 0 saturated heterocycles. The number of hydrogen-bond donors (Lipinski definition) is 0. The molecule has 0 aliphatic carbocycles. The quantitative estimate of drug-likeness (QED) is 0.451. The molecule has 7 nitrogen and oxygen atoms in total. The summed E-state index contributed by atoms with van der Waals surface area (Å²) < 4.78 is 22.4. The van der Waals surface area contributed by atoms with E-state index >= 15 is 0 Å². The summed E-state index contributed by atoms with van der Waals surface area (Å²) in [5, 5.41) is 0.664. The highest BCUT2D eigenvalue weighted by molar-refractivity contribution is 5.88. The molecule has 1 aliphatic heterocycles. The van der Waals surface area contributed by atoms with Gasteiger partial charge in [0.15, 0.2) is 12.2 Å². The smallest absolute Gasteiger partial charge is 0.336 e. The molecule has 0 unspecified atom stereocenters. The van der Waals surface area contributed by atoms with Crippen molar-refractivity contribution in [2.75, 3.05) is 0 Å². The Balaban J connectivity index is 2.09. The van der Waals surface area contributed by atoms with Crippen LogP contribution in [-0.4, -0.2) is 23.6 Å². The number of esters is 2. The predicted octanol–water partition coefficient (Wildman–Crippen LogP) is 3.45. The molecule has 0 fully saturated rings. The Labute approximate surface area is 161 Å². The fourth-order valence-corrected chi connectivity index (χ4v) is 3.19. The van der Waals surface area contributed by atoms with Crippen molar-refractivity contribution < 1.29 is 28.2 Å². The van der Waals surface area contributed by atoms with Crippen LogP contribution in [0.15, 0.2) is 45.1 Å². The molecule has 1 aromatic carbocycles. The first-order chi connectivity index (χ1) is 13.1. The van der Waals surface area contributed by atoms with Crippen LogP contribution in [0.2, 0.25) is 0 Å². The zero-order valence-corrected chi connectivity index (χ0v) is 16.4. The van der Waals surface area contributed by atoms with Gasteiger partial charge < -0.3 is 18.6 Å². The molecule has 0 spiro atoms. The van der Waals surface area contributed by atoms with Crippen LogP contribution in [0.3, 0.4) is 0 Å². The summed E-state index contributed by atoms with van der Waals surface area (Å²) >= 11 is 0. The van der Waals surface area contributed by atoms with E-state index in [0.29, 0.717) is 27.9 Å². The highest BCUT2D eigenvalue weighted by Crippen LogP contribution is 2.45. The van der Waals surface area contributed by atoms with E-state index in [9.17, 15) is 14.4 Å². The molecule has 3 rings (SSSR count). The molecule has 0 N–H and O–H groups in total. The topological polar surface area (TPSA) is 92.0 Å². The molecule has 0 saturated carbocycles. The standard InChI is InChI=1S/C21H22O7/c1-6-11(2)20(24)27-18-14-9-13-7-8-17(23)25-15(13)10-16(14)26-19(18)21(4,5)28-12(3)22/h6-10,18-19H,1-5H3/t18-,19-/m0/s1. The average molecular weight is 386 g/mol. The number of ether oxygens (including phenoxy) is 3. The van der Waals surface area contributed by atoms with Crippen molar-refractivity contribution in [3.8, 4) is 5.75 Å². The lowest BCUT2D eigenvalue weighted by molar-refractivity contribution is -0.174. The molecule has 0 radical (unpaired) electrons. The van der Waals surface area contributed by atoms with Crippen LogP contribution in [0.4, 0.5) is 0 Å². The summed E-state index contributed by atoms with van der Waals surface area (Å²) in [7, 11) is 0. The molecule has 2 atom stereocenters. The monoisotopic (exact) mass is 386 g/mol. The number of rotatable bonds is 4. The van der Waals surface area contributed by atoms with Crippen molar-refractivity contribution in [2.24, 2.45) is 0 Å². The van der Waals surface area contributed by atoms with Gasteiger partial charge in [-0.2, -0.15) is 0 Å². The number of hydrogen-bond acceptors (Lipinski definition) is 7. The fourth-order valence-electron chi connectivity index (χ4n) is 3.19. The van der Waals surface area contributed by atoms with E-state index in [4.69, 9.17) is 18.6 Å². The number of fused-ring (bicyclic) bond motifs is 2. The largest absolute Gasteiger partial charge is 0.481 e. The van der Waals surface area contributed by atoms with Gasteiger partial charge in [-0.05, 0) is 39.8 Å². The van der Waals surface area contributed by atoms with E-state index in [0.717, 1.165) is 0 Å². The fraction of sp³-hybridized carbons (Fsp3) is 0.381. The van der Waals surface area contributed by atoms with Gasteiger partial charge in [0.05, 0.1) is 0 Å². The van der Waals surface area contributed by atoms with Crippen molar-refractivity contribution in [1.82, 2.24) is 0 Å². The van der Waals surface area contributed by atoms with Crippen molar-refractivity contribution in [3.63, 3.8) is 0 Å². The van der Waals surface area contributed by atoms with Crippen molar-refractivity contribution in [1.29, 1.82) is 0 Å². The summed E-state index contributed by atoms with van der Waals surface area (Å²) in [5.74, 6) is -0.564. The Morgan fingerprint density at radius 2 is 1.89 bits per heavy atom. The number of allylic oxidation sites excluding steroid dienone is 1. The van der Waals surface area contributed by atoms with Gasteiger partial charge in [0, 0.05) is 35.6 Å². The Morgan fingerprint density at radius 1 is 1.18 bits per heavy atom. The molecule has 148 valence electrons. The summed E-state index contributed by atoms with van der Waals surface area (Å²) in [4.78, 5) is 35.5. The van der Waals surface area contributed by atoms with Gasteiger partial charge >= 0.3 is 17.6 Å². The van der Waals surface area contributed by atoms with Crippen LogP contribution < -0.4 is 10.4 Å². The van der Waals surface area contributed by atoms with Crippen LogP contribution in [-0.2, 0) is 19.1 Å². The van der Waals surface area contributed by atoms with Crippen molar-refractivity contribution in [2.45, 2.75) is 52.4 Å². The van der Waals surface area contributed by atoms with Gasteiger partial charge in [-0.3, -0.25) is 4.79 Å². The van der Waals surface area contributed by atoms with E-state index in [1.54, 1.807) is 52.0 Å². The van der Waals surface area contributed by atoms with E-state index in [-0.39, 0.29) is 0 Å². The summed E-state index contributed by atoms with van der Waals surface area (Å²) in [6.45, 7) is 8.08. The van der Waals surface area contributed by atoms with E-state index in [1.807, 2.05) is 0 Å². The molecule has 1 aromatic heterocycles. The van der Waals surface area contributed by atoms with Crippen LogP contribution in [0.25, 0.3) is 11.0 Å². The number of carbonyl (C=O) groups is 2. The maximum absolute atomic E-state index is 12.4. The second kappa shape index (κ2) is 7.14. The van der Waals surface area contributed by atoms with Gasteiger partial charge in [-0.15, -0.1) is 0 Å². The lowest BCUT2D eigenvalue weighted by Crippen LogP contribution is -2.46. The molecule has 0 amide bonds. The van der Waals surface area contributed by atoms with Gasteiger partial charge in [-0.1, -0.05) is 6.08 Å². The minimum absolute atomic E-state index is 0.354. The van der Waals surface area contributed by atoms with E-state index in [2.05, 4.69) is 0 Å². The first-order valence-corrected chi connectivity index (χ1v) is 8.90. The third-order valence-electron chi connectivity index (χ3n) is 4.67.